The van der Waals surface area contributed by atoms with E-state index in [0.717, 1.165) is 101 Å². The van der Waals surface area contributed by atoms with E-state index in [1.165, 1.54) is 96.3 Å². The molecule has 608 valence electrons. The van der Waals surface area contributed by atoms with Crippen LogP contribution in [0.5, 0.6) is 0 Å². The first kappa shape index (κ1) is 96.7. The lowest BCUT2D eigenvalue weighted by molar-refractivity contribution is -0.138. The zero-order chi connectivity index (χ0) is 83.1. The highest BCUT2D eigenvalue weighted by molar-refractivity contribution is 8.49. The van der Waals surface area contributed by atoms with Gasteiger partial charge >= 0.3 is 6.18 Å². The maximum Gasteiger partial charge on any atom is 0.416 e. The van der Waals surface area contributed by atoms with Gasteiger partial charge in [-0.1, -0.05) is 113 Å². The van der Waals surface area contributed by atoms with Crippen LogP contribution in [0.15, 0.2) is 199 Å². The van der Waals surface area contributed by atoms with Crippen LogP contribution in [-0.2, 0) is 48.2 Å². The van der Waals surface area contributed by atoms with Crippen LogP contribution < -0.4 is 51.6 Å². The SMILES string of the molecule is C.CC(C)(C)c1cccc(N)c1.CC(F)(F)c1cc(N)ccc1Cl.CC(F)(F)c1cc(N)ccc1F.CC(F)(F)c1cccc(N)c1.CCc1cccc(N)c1.CN1CCN(Cc2ccc(N)cc2C(F)(F)F)CC1.CS(F)(F)(F)(F)c1cccc(N)c1.Cc1ccc(N)cc1C(C)(F)F.Nc1cccc(C2CC2)c1. The molecule has 11 nitrogen and oxygen atoms in total. The Balaban J connectivity index is 0.000000423. The van der Waals surface area contributed by atoms with Crippen LogP contribution in [0.3, 0.4) is 0 Å². The summed E-state index contributed by atoms with van der Waals surface area (Å²) in [6.45, 7) is 17.1. The highest BCUT2D eigenvalue weighted by atomic mass is 35.5. The molecule has 0 aromatic heterocycles. The Kier molecular flexibility index (Phi) is 34.7. The molecule has 9 aromatic carbocycles. The highest BCUT2D eigenvalue weighted by Gasteiger charge is 2.59. The molecule has 0 unspecified atom stereocenters. The number of nitrogens with two attached hydrogens (primary N) is 9. The van der Waals surface area contributed by atoms with Gasteiger partial charge in [0.05, 0.1) is 22.3 Å². The molecule has 29 heteroatoms. The quantitative estimate of drug-likeness (QED) is 0.0486. The van der Waals surface area contributed by atoms with Crippen LogP contribution >= 0.6 is 21.4 Å². The number of alkyl halides is 11. The monoisotopic (exact) mass is 1600 g/mol. The summed E-state index contributed by atoms with van der Waals surface area (Å²) in [5.74, 6) is -11.8. The van der Waals surface area contributed by atoms with Gasteiger partial charge in [0, 0.05) is 133 Å². The third kappa shape index (κ3) is 36.0. The van der Waals surface area contributed by atoms with Gasteiger partial charge in [-0.25, -0.2) is 39.5 Å². The van der Waals surface area contributed by atoms with E-state index >= 15 is 0 Å². The Bertz CT molecular complexity index is 4130. The number of rotatable bonds is 9. The Morgan fingerprint density at radius 2 is 0.818 bits per heavy atom. The summed E-state index contributed by atoms with van der Waals surface area (Å²) >= 11 is 5.55. The van der Waals surface area contributed by atoms with E-state index in [-0.39, 0.29) is 63.6 Å². The molecule has 1 aliphatic heterocycles. The number of aryl methyl sites for hydroxylation is 2. The van der Waals surface area contributed by atoms with Crippen molar-refractivity contribution < 1.29 is 68.2 Å². The van der Waals surface area contributed by atoms with Gasteiger partial charge in [0.1, 0.15) is 5.82 Å². The lowest BCUT2D eigenvalue weighted by Crippen LogP contribution is -2.44. The predicted molar refractivity (Wildman–Crippen MR) is 426 cm³/mol. The van der Waals surface area contributed by atoms with Crippen LogP contribution in [-0.4, -0.2) is 49.3 Å². The topological polar surface area (TPSA) is 241 Å². The van der Waals surface area contributed by atoms with E-state index in [1.807, 2.05) is 60.5 Å². The van der Waals surface area contributed by atoms with E-state index in [4.69, 9.17) is 63.2 Å². The molecule has 1 aliphatic carbocycles. The molecule has 9 aromatic rings. The van der Waals surface area contributed by atoms with Crippen molar-refractivity contribution in [2.75, 3.05) is 91.1 Å². The smallest absolute Gasteiger partial charge is 0.399 e. The van der Waals surface area contributed by atoms with E-state index in [9.17, 15) is 68.2 Å². The molecule has 1 saturated heterocycles. The number of nitrogens with zero attached hydrogens (tertiary/aromatic N) is 2. The summed E-state index contributed by atoms with van der Waals surface area (Å²) in [4.78, 5) is 2.92. The first-order valence-electron chi connectivity index (χ1n) is 33.9. The molecule has 0 bridgehead atoms. The second-order valence-corrected chi connectivity index (χ2v) is 31.5. The van der Waals surface area contributed by atoms with Gasteiger partial charge in [-0.05, 0) is 200 Å². The van der Waals surface area contributed by atoms with Gasteiger partial charge in [-0.2, -0.15) is 13.2 Å². The van der Waals surface area contributed by atoms with Crippen LogP contribution in [0.25, 0.3) is 0 Å². The van der Waals surface area contributed by atoms with Crippen molar-refractivity contribution in [1.29, 1.82) is 0 Å². The fraction of sp³-hybridized carbons (Fsp3) is 0.333. The summed E-state index contributed by atoms with van der Waals surface area (Å²) in [5, 5.41) is 0.0386. The van der Waals surface area contributed by atoms with Crippen molar-refractivity contribution >= 4 is 72.6 Å². The van der Waals surface area contributed by atoms with Gasteiger partial charge in [-0.15, -0.1) is 15.5 Å². The predicted octanol–water partition coefficient (Wildman–Crippen LogP) is 23.5. The van der Waals surface area contributed by atoms with Crippen molar-refractivity contribution in [3.05, 3.63) is 261 Å². The summed E-state index contributed by atoms with van der Waals surface area (Å²) < 4.78 is 204. The van der Waals surface area contributed by atoms with Gasteiger partial charge in [-0.3, -0.25) is 4.90 Å². The van der Waals surface area contributed by atoms with E-state index in [1.54, 1.807) is 25.1 Å². The summed E-state index contributed by atoms with van der Waals surface area (Å²) in [5.41, 5.74) is 56.0. The summed E-state index contributed by atoms with van der Waals surface area (Å²) in [6.07, 6.45) is -0.913. The molecular formula is C81H104ClF16N11S. The van der Waals surface area contributed by atoms with E-state index in [0.29, 0.717) is 48.1 Å². The van der Waals surface area contributed by atoms with Crippen molar-refractivity contribution in [3.8, 4) is 0 Å². The number of nitrogen functional groups attached to an aromatic ring is 9. The number of halogens is 17. The molecule has 0 amide bonds. The fourth-order valence-electron chi connectivity index (χ4n) is 9.81. The largest absolute Gasteiger partial charge is 0.416 e. The molecule has 2 aliphatic rings. The van der Waals surface area contributed by atoms with E-state index in [2.05, 4.69) is 56.9 Å². The average molecular weight is 1600 g/mol. The fourth-order valence-corrected chi connectivity index (χ4v) is 10.9. The number of likely N-dealkylation sites (N-methyl/N-ethyl adjacent to an activating group) is 1. The number of hydrogen-bond acceptors (Lipinski definition) is 11. The third-order valence-corrected chi connectivity index (χ3v) is 17.8. The zero-order valence-electron chi connectivity index (χ0n) is 62.6. The van der Waals surface area contributed by atoms with Crippen LogP contribution in [0.4, 0.5) is 119 Å². The number of piperazine rings is 1. The number of anilines is 9. The molecule has 1 heterocycles. The van der Waals surface area contributed by atoms with Crippen LogP contribution in [0.2, 0.25) is 5.02 Å². The third-order valence-electron chi connectivity index (χ3n) is 16.0. The Hall–Kier alpha value is -9.38. The molecular weight excluding hydrogens is 1500 g/mol. The molecule has 0 atom stereocenters. The molecule has 110 heavy (non-hydrogen) atoms. The molecule has 0 radical (unpaired) electrons. The minimum Gasteiger partial charge on any atom is -0.399 e. The molecule has 1 saturated carbocycles. The van der Waals surface area contributed by atoms with Crippen molar-refractivity contribution in [1.82, 2.24) is 9.80 Å². The standard InChI is InChI=1S/C13H18F3N3.C10H15N.C9H11F2N.C9H11N.C8H8ClF2N.C8H8F3N.C8H9F2N.C8H11N.C7H9F4NS.CH4/c1-18-4-6-19(7-5-18)9-10-2-3-11(17)8-12(10)13(14,15)16;1-10(2,3)8-5-4-6-9(11)7-8;1-6-3-4-7(12)5-8(6)9(2,10)11;10-9-3-1-2-8(6-9)7-4-5-7;2*1-8(10,11)6-4-5(12)2-3-7(6)9;1-8(9,10)6-3-2-4-7(11)5-6;1-2-7-4-3-5-8(9)6-7;1-13(8,9,10,11)7-4-2-3-6(12)5-7;/h2-3,8H,4-7,9,17H2,1H3;4-7H,11H2,1-3H3;3-5H,12H2,1-2H3;1-3,6-7H,4-5,10H2;2*2-4H,12H2,1H3;2-5H,11H2,1H3;3-6H,2,9H2,1H3;2-5H,12H2,1H3;1H4. The van der Waals surface area contributed by atoms with Crippen molar-refractivity contribution in [2.24, 2.45) is 0 Å². The Morgan fingerprint density at radius 3 is 1.18 bits per heavy atom. The Morgan fingerprint density at radius 1 is 0.427 bits per heavy atom. The first-order valence-corrected chi connectivity index (χ1v) is 36.7. The van der Waals surface area contributed by atoms with Crippen LogP contribution in [0, 0.1) is 12.7 Å². The first-order chi connectivity index (χ1) is 49.8. The molecule has 11 rings (SSSR count). The summed E-state index contributed by atoms with van der Waals surface area (Å²) in [7, 11) is -6.03. The van der Waals surface area contributed by atoms with Crippen LogP contribution in [0.1, 0.15) is 137 Å². The van der Waals surface area contributed by atoms with Gasteiger partial charge in [0.15, 0.2) is 9.84 Å². The zero-order valence-corrected chi connectivity index (χ0v) is 64.2. The lowest BCUT2D eigenvalue weighted by atomic mass is 9.87. The second kappa shape index (κ2) is 39.5. The Labute approximate surface area is 640 Å². The maximum absolute atomic E-state index is 13.0. The molecule has 0 spiro atoms. The normalized spacial score (nSPS) is 13.8. The second-order valence-electron chi connectivity index (χ2n) is 27.7. The van der Waals surface area contributed by atoms with Gasteiger partial charge in [0.25, 0.3) is 23.7 Å². The van der Waals surface area contributed by atoms with Crippen molar-refractivity contribution in [3.63, 3.8) is 0 Å². The highest BCUT2D eigenvalue weighted by Crippen LogP contribution is 2.98. The number of hydrogen-bond donors (Lipinski definition) is 9. The number of benzene rings is 9. The summed E-state index contributed by atoms with van der Waals surface area (Å²) in [6, 6.07) is 49.3. The average Bonchev–Trinajstić information content (AvgIpc) is 0.751. The van der Waals surface area contributed by atoms with E-state index < -0.39 is 61.5 Å². The van der Waals surface area contributed by atoms with Gasteiger partial charge in [0.2, 0.25) is 0 Å². The lowest BCUT2D eigenvalue weighted by Gasteiger charge is -2.46. The maximum atomic E-state index is 13.0. The molecule has 2 fully saturated rings. The minimum absolute atomic E-state index is 0. The van der Waals surface area contributed by atoms with Crippen molar-refractivity contribution in [2.45, 2.75) is 142 Å². The molecule has 18 N–H and O–H groups in total. The van der Waals surface area contributed by atoms with Gasteiger partial charge < -0.3 is 56.5 Å². The minimum atomic E-state index is -8.04.